The third kappa shape index (κ3) is 7.16. The minimum absolute atomic E-state index is 0. The van der Waals surface area contributed by atoms with Crippen molar-refractivity contribution in [3.8, 4) is 5.88 Å². The minimum atomic E-state index is 0. The largest absolute Gasteiger partial charge is 0.481 e. The Labute approximate surface area is 195 Å². The number of nitrogens with one attached hydrogen (secondary N) is 2. The van der Waals surface area contributed by atoms with Gasteiger partial charge in [-0.1, -0.05) is 30.3 Å². The number of pyridine rings is 1. The molecular formula is C22H30IN5O2. The Kier molecular flexibility index (Phi) is 9.85. The van der Waals surface area contributed by atoms with E-state index in [1.807, 2.05) is 35.2 Å². The van der Waals surface area contributed by atoms with E-state index in [2.05, 4.69) is 32.7 Å². The van der Waals surface area contributed by atoms with Crippen molar-refractivity contribution in [1.29, 1.82) is 0 Å². The molecule has 2 heterocycles. The molecule has 0 radical (unpaired) electrons. The van der Waals surface area contributed by atoms with Crippen LogP contribution in [0.2, 0.25) is 0 Å². The van der Waals surface area contributed by atoms with Crippen LogP contribution in [0.1, 0.15) is 17.5 Å². The first-order chi connectivity index (χ1) is 14.2. The Morgan fingerprint density at radius 2 is 2.03 bits per heavy atom. The van der Waals surface area contributed by atoms with Gasteiger partial charge in [-0.05, 0) is 23.6 Å². The van der Waals surface area contributed by atoms with Gasteiger partial charge in [0.2, 0.25) is 11.8 Å². The van der Waals surface area contributed by atoms with Crippen LogP contribution in [0.15, 0.2) is 53.7 Å². The van der Waals surface area contributed by atoms with Crippen molar-refractivity contribution in [2.24, 2.45) is 10.9 Å². The standard InChI is InChI=1S/C22H29N5O2.HI/c1-23-22(25-14-18-8-10-24-20(12-18)29-2)26-15-19-13-21(28)27(16-19)11-9-17-6-4-3-5-7-17;/h3-8,10,12,19H,9,11,13-16H2,1-2H3,(H2,23,25,26);1H. The van der Waals surface area contributed by atoms with E-state index >= 15 is 0 Å². The number of guanidine groups is 1. The van der Waals surface area contributed by atoms with E-state index in [-0.39, 0.29) is 35.8 Å². The number of carbonyl (C=O) groups is 1. The van der Waals surface area contributed by atoms with Gasteiger partial charge in [0.15, 0.2) is 5.96 Å². The zero-order valence-corrected chi connectivity index (χ0v) is 19.8. The first-order valence-corrected chi connectivity index (χ1v) is 9.93. The SMILES string of the molecule is CN=C(NCc1ccnc(OC)c1)NCC1CC(=O)N(CCc2ccccc2)C1.I. The number of aromatic nitrogens is 1. The summed E-state index contributed by atoms with van der Waals surface area (Å²) in [6, 6.07) is 14.1. The lowest BCUT2D eigenvalue weighted by Gasteiger charge is -2.18. The molecule has 1 amide bonds. The summed E-state index contributed by atoms with van der Waals surface area (Å²) in [6.07, 6.45) is 3.20. The number of ether oxygens (including phenoxy) is 1. The molecule has 1 aliphatic rings. The van der Waals surface area contributed by atoms with Gasteiger partial charge in [-0.2, -0.15) is 0 Å². The third-order valence-corrected chi connectivity index (χ3v) is 5.06. The molecule has 1 aromatic carbocycles. The van der Waals surface area contributed by atoms with E-state index in [0.717, 1.165) is 31.0 Å². The molecule has 7 nitrogen and oxygen atoms in total. The van der Waals surface area contributed by atoms with Gasteiger partial charge in [-0.3, -0.25) is 9.79 Å². The van der Waals surface area contributed by atoms with Crippen molar-refractivity contribution >= 4 is 35.8 Å². The van der Waals surface area contributed by atoms with Gasteiger partial charge in [-0.25, -0.2) is 4.98 Å². The second-order valence-corrected chi connectivity index (χ2v) is 7.16. The molecule has 0 bridgehead atoms. The summed E-state index contributed by atoms with van der Waals surface area (Å²) in [5.74, 6) is 1.83. The van der Waals surface area contributed by atoms with Gasteiger partial charge in [0.1, 0.15) is 0 Å². The molecule has 2 aromatic rings. The number of carbonyl (C=O) groups excluding carboxylic acids is 1. The van der Waals surface area contributed by atoms with Crippen LogP contribution in [0.4, 0.5) is 0 Å². The van der Waals surface area contributed by atoms with Gasteiger partial charge in [0.25, 0.3) is 0 Å². The number of benzene rings is 1. The number of halogens is 1. The smallest absolute Gasteiger partial charge is 0.223 e. The first kappa shape index (κ1) is 23.9. The molecule has 8 heteroatoms. The van der Waals surface area contributed by atoms with Crippen molar-refractivity contribution in [2.75, 3.05) is 33.8 Å². The molecule has 30 heavy (non-hydrogen) atoms. The monoisotopic (exact) mass is 523 g/mol. The number of likely N-dealkylation sites (tertiary alicyclic amines) is 1. The van der Waals surface area contributed by atoms with Crippen molar-refractivity contribution in [1.82, 2.24) is 20.5 Å². The van der Waals surface area contributed by atoms with Crippen LogP contribution in [-0.4, -0.2) is 55.5 Å². The minimum Gasteiger partial charge on any atom is -0.481 e. The highest BCUT2D eigenvalue weighted by atomic mass is 127. The fourth-order valence-electron chi connectivity index (χ4n) is 3.43. The van der Waals surface area contributed by atoms with E-state index < -0.39 is 0 Å². The summed E-state index contributed by atoms with van der Waals surface area (Å²) in [5.41, 5.74) is 2.32. The number of methoxy groups -OCH3 is 1. The maximum Gasteiger partial charge on any atom is 0.223 e. The number of rotatable bonds is 8. The lowest BCUT2D eigenvalue weighted by atomic mass is 10.1. The molecular weight excluding hydrogens is 493 g/mol. The number of aliphatic imine (C=N–C) groups is 1. The van der Waals surface area contributed by atoms with Gasteiger partial charge < -0.3 is 20.3 Å². The summed E-state index contributed by atoms with van der Waals surface area (Å²) < 4.78 is 5.15. The molecule has 162 valence electrons. The number of hydrogen-bond donors (Lipinski definition) is 2. The molecule has 1 unspecified atom stereocenters. The van der Waals surface area contributed by atoms with E-state index in [1.165, 1.54) is 5.56 Å². The highest BCUT2D eigenvalue weighted by Gasteiger charge is 2.29. The molecule has 0 spiro atoms. The Morgan fingerprint density at radius 3 is 2.77 bits per heavy atom. The van der Waals surface area contributed by atoms with E-state index in [0.29, 0.717) is 25.4 Å². The Hall–Kier alpha value is -2.36. The predicted octanol–water partition coefficient (Wildman–Crippen LogP) is 2.46. The second kappa shape index (κ2) is 12.4. The molecule has 1 aromatic heterocycles. The number of amides is 1. The Bertz CT molecular complexity index is 831. The Morgan fingerprint density at radius 1 is 1.23 bits per heavy atom. The molecule has 1 aliphatic heterocycles. The fourth-order valence-corrected chi connectivity index (χ4v) is 3.43. The van der Waals surface area contributed by atoms with E-state index in [9.17, 15) is 4.79 Å². The molecule has 0 saturated carbocycles. The summed E-state index contributed by atoms with van der Waals surface area (Å²) in [4.78, 5) is 22.7. The molecule has 1 atom stereocenters. The number of nitrogens with zero attached hydrogens (tertiary/aromatic N) is 3. The topological polar surface area (TPSA) is 78.9 Å². The van der Waals surface area contributed by atoms with Crippen molar-refractivity contribution in [2.45, 2.75) is 19.4 Å². The Balaban J connectivity index is 0.00000320. The summed E-state index contributed by atoms with van der Waals surface area (Å²) in [7, 11) is 3.35. The highest BCUT2D eigenvalue weighted by molar-refractivity contribution is 14.0. The van der Waals surface area contributed by atoms with Crippen molar-refractivity contribution in [3.05, 3.63) is 59.8 Å². The quantitative estimate of drug-likeness (QED) is 0.316. The van der Waals surface area contributed by atoms with Crippen LogP contribution in [0.3, 0.4) is 0 Å². The zero-order valence-electron chi connectivity index (χ0n) is 17.5. The van der Waals surface area contributed by atoms with Gasteiger partial charge >= 0.3 is 0 Å². The summed E-state index contributed by atoms with van der Waals surface area (Å²) in [6.45, 7) is 2.89. The van der Waals surface area contributed by atoms with E-state index in [1.54, 1.807) is 20.4 Å². The predicted molar refractivity (Wildman–Crippen MR) is 129 cm³/mol. The van der Waals surface area contributed by atoms with Crippen molar-refractivity contribution in [3.63, 3.8) is 0 Å². The van der Waals surface area contributed by atoms with Crippen LogP contribution in [-0.2, 0) is 17.8 Å². The van der Waals surface area contributed by atoms with Gasteiger partial charge in [0.05, 0.1) is 7.11 Å². The average molecular weight is 523 g/mol. The molecule has 1 saturated heterocycles. The van der Waals surface area contributed by atoms with E-state index in [4.69, 9.17) is 4.74 Å². The van der Waals surface area contributed by atoms with Crippen LogP contribution >= 0.6 is 24.0 Å². The van der Waals surface area contributed by atoms with Crippen LogP contribution < -0.4 is 15.4 Å². The molecule has 3 rings (SSSR count). The normalized spacial score (nSPS) is 16.2. The maximum atomic E-state index is 12.3. The van der Waals surface area contributed by atoms with Gasteiger partial charge in [-0.15, -0.1) is 24.0 Å². The second-order valence-electron chi connectivity index (χ2n) is 7.16. The lowest BCUT2D eigenvalue weighted by molar-refractivity contribution is -0.127. The average Bonchev–Trinajstić information content (AvgIpc) is 3.12. The highest BCUT2D eigenvalue weighted by Crippen LogP contribution is 2.17. The number of hydrogen-bond acceptors (Lipinski definition) is 4. The summed E-state index contributed by atoms with van der Waals surface area (Å²) in [5, 5.41) is 6.63. The van der Waals surface area contributed by atoms with Crippen molar-refractivity contribution < 1.29 is 9.53 Å². The van der Waals surface area contributed by atoms with Crippen LogP contribution in [0.25, 0.3) is 0 Å². The van der Waals surface area contributed by atoms with Crippen LogP contribution in [0, 0.1) is 5.92 Å². The maximum absolute atomic E-state index is 12.3. The summed E-state index contributed by atoms with van der Waals surface area (Å²) >= 11 is 0. The molecule has 1 fully saturated rings. The van der Waals surface area contributed by atoms with Crippen LogP contribution in [0.5, 0.6) is 5.88 Å². The molecule has 0 aliphatic carbocycles. The first-order valence-electron chi connectivity index (χ1n) is 9.93. The fraction of sp³-hybridized carbons (Fsp3) is 0.409. The third-order valence-electron chi connectivity index (χ3n) is 5.06. The zero-order chi connectivity index (χ0) is 20.5. The molecule has 2 N–H and O–H groups in total. The van der Waals surface area contributed by atoms with Gasteiger partial charge in [0, 0.05) is 57.8 Å². The lowest BCUT2D eigenvalue weighted by Crippen LogP contribution is -2.40.